The van der Waals surface area contributed by atoms with Crippen LogP contribution in [0.4, 0.5) is 18.9 Å². The van der Waals surface area contributed by atoms with Crippen molar-refractivity contribution in [2.24, 2.45) is 0 Å². The minimum Gasteiger partial charge on any atom is -0.481 e. The molecule has 1 unspecified atom stereocenters. The highest BCUT2D eigenvalue weighted by molar-refractivity contribution is 7.15. The van der Waals surface area contributed by atoms with E-state index in [1.165, 1.54) is 11.3 Å². The number of rotatable bonds is 6. The number of halogens is 3. The van der Waals surface area contributed by atoms with Crippen molar-refractivity contribution in [3.05, 3.63) is 52.6 Å². The quantitative estimate of drug-likeness (QED) is 0.490. The van der Waals surface area contributed by atoms with Crippen LogP contribution in [0.15, 0.2) is 30.7 Å². The van der Waals surface area contributed by atoms with E-state index < -0.39 is 23.9 Å². The fourth-order valence-corrected chi connectivity index (χ4v) is 5.12. The average molecular weight is 548 g/mol. The van der Waals surface area contributed by atoms with Crippen molar-refractivity contribution in [1.29, 1.82) is 0 Å². The van der Waals surface area contributed by atoms with Crippen molar-refractivity contribution < 1.29 is 32.2 Å². The number of thiazole rings is 1. The van der Waals surface area contributed by atoms with E-state index in [-0.39, 0.29) is 24.2 Å². The van der Waals surface area contributed by atoms with Gasteiger partial charge in [-0.05, 0) is 38.8 Å². The van der Waals surface area contributed by atoms with E-state index in [4.69, 9.17) is 9.47 Å². The van der Waals surface area contributed by atoms with Gasteiger partial charge < -0.3 is 19.7 Å². The van der Waals surface area contributed by atoms with Crippen molar-refractivity contribution in [3.8, 4) is 16.3 Å². The second kappa shape index (κ2) is 10.3. The minimum absolute atomic E-state index is 0.118. The van der Waals surface area contributed by atoms with Gasteiger partial charge in [0.15, 0.2) is 12.4 Å². The number of benzene rings is 1. The third-order valence-corrected chi connectivity index (χ3v) is 7.24. The third kappa shape index (κ3) is 5.34. The number of anilines is 1. The van der Waals surface area contributed by atoms with E-state index in [9.17, 15) is 22.8 Å². The normalized spacial score (nSPS) is 18.2. The zero-order chi connectivity index (χ0) is 27.0. The van der Waals surface area contributed by atoms with Gasteiger partial charge in [-0.2, -0.15) is 13.2 Å². The van der Waals surface area contributed by atoms with Crippen LogP contribution < -0.4 is 15.0 Å². The van der Waals surface area contributed by atoms with Gasteiger partial charge in [-0.25, -0.2) is 15.0 Å². The number of nitrogens with zero attached hydrogens (tertiary/aromatic N) is 4. The number of aromatic nitrogens is 3. The molecule has 2 aliphatic heterocycles. The Balaban J connectivity index is 1.48. The molecule has 1 N–H and O–H groups in total. The van der Waals surface area contributed by atoms with Crippen molar-refractivity contribution in [3.63, 3.8) is 0 Å². The highest BCUT2D eigenvalue weighted by Crippen LogP contribution is 2.43. The maximum absolute atomic E-state index is 13.3. The molecule has 3 aromatic rings. The molecular weight excluding hydrogens is 523 g/mol. The Morgan fingerprint density at radius 2 is 2.00 bits per heavy atom. The largest absolute Gasteiger partial charge is 0.481 e. The summed E-state index contributed by atoms with van der Waals surface area (Å²) in [4.78, 5) is 39.9. The first-order chi connectivity index (χ1) is 18.1. The van der Waals surface area contributed by atoms with Gasteiger partial charge in [-0.3, -0.25) is 9.59 Å². The van der Waals surface area contributed by atoms with Gasteiger partial charge in [0.05, 0.1) is 29.9 Å². The summed E-state index contributed by atoms with van der Waals surface area (Å²) in [6.07, 6.45) is 0.740. The van der Waals surface area contributed by atoms with E-state index in [0.29, 0.717) is 40.7 Å². The van der Waals surface area contributed by atoms with Gasteiger partial charge in [0.1, 0.15) is 5.01 Å². The molecule has 0 radical (unpaired) electrons. The van der Waals surface area contributed by atoms with Gasteiger partial charge >= 0.3 is 6.18 Å². The summed E-state index contributed by atoms with van der Waals surface area (Å²) in [5, 5.41) is 3.40. The summed E-state index contributed by atoms with van der Waals surface area (Å²) >= 11 is 1.42. The summed E-state index contributed by atoms with van der Waals surface area (Å²) in [6.45, 7) is 4.34. The topological polar surface area (TPSA) is 107 Å². The molecule has 38 heavy (non-hydrogen) atoms. The van der Waals surface area contributed by atoms with Crippen molar-refractivity contribution >= 4 is 28.8 Å². The lowest BCUT2D eigenvalue weighted by Gasteiger charge is -2.32. The second-order valence-corrected chi connectivity index (χ2v) is 10.3. The highest BCUT2D eigenvalue weighted by Gasteiger charge is 2.35. The van der Waals surface area contributed by atoms with Crippen LogP contribution in [0.25, 0.3) is 10.6 Å². The summed E-state index contributed by atoms with van der Waals surface area (Å²) in [7, 11) is 0. The molecule has 9 nitrogen and oxygen atoms in total. The standard InChI is InChI=1S/C25H24F3N5O4S/c1-13-8-29-23(38-13)18-6-15(22(35)32-14(2)16-9-30-24(31-10-16)25(26,27)28)7-19-21(18)37-12-20(34)33(19)11-17-4-3-5-36-17/h6-10,14,17H,3-5,11-12H2,1-2H3,(H,32,35)/t14?,17-/m1/s1. The molecule has 2 atom stereocenters. The van der Waals surface area contributed by atoms with Crippen LogP contribution in [-0.4, -0.2) is 52.6 Å². The lowest BCUT2D eigenvalue weighted by molar-refractivity contribution is -0.145. The molecule has 1 fully saturated rings. The van der Waals surface area contributed by atoms with Gasteiger partial charge in [0.25, 0.3) is 11.8 Å². The molecule has 0 aliphatic carbocycles. The molecule has 4 heterocycles. The van der Waals surface area contributed by atoms with Crippen LogP contribution in [0.3, 0.4) is 0 Å². The van der Waals surface area contributed by atoms with Gasteiger partial charge in [0, 0.05) is 41.2 Å². The van der Waals surface area contributed by atoms with Crippen molar-refractivity contribution in [2.45, 2.75) is 45.0 Å². The SMILES string of the molecule is Cc1cnc(-c2cc(C(=O)NC(C)c3cnc(C(F)(F)F)nc3)cc3c2OCC(=O)N3C[C@H]2CCCO2)s1. The Morgan fingerprint density at radius 1 is 1.24 bits per heavy atom. The lowest BCUT2D eigenvalue weighted by atomic mass is 10.0. The predicted molar refractivity (Wildman–Crippen MR) is 132 cm³/mol. The summed E-state index contributed by atoms with van der Waals surface area (Å²) in [6, 6.07) is 2.53. The Hall–Kier alpha value is -3.58. The number of fused-ring (bicyclic) bond motifs is 1. The first-order valence-corrected chi connectivity index (χ1v) is 12.8. The maximum Gasteiger partial charge on any atom is 0.451 e. The van der Waals surface area contributed by atoms with Crippen LogP contribution in [0, 0.1) is 6.92 Å². The molecule has 200 valence electrons. The fourth-order valence-electron chi connectivity index (χ4n) is 4.34. The highest BCUT2D eigenvalue weighted by atomic mass is 32.1. The molecule has 5 rings (SSSR count). The minimum atomic E-state index is -4.66. The Kier molecular flexibility index (Phi) is 7.05. The number of alkyl halides is 3. The summed E-state index contributed by atoms with van der Waals surface area (Å²) in [5.74, 6) is -1.54. The number of carbonyl (C=O) groups is 2. The number of hydrogen-bond acceptors (Lipinski definition) is 8. The van der Waals surface area contributed by atoms with E-state index >= 15 is 0 Å². The average Bonchev–Trinajstić information content (AvgIpc) is 3.56. The number of aryl methyl sites for hydroxylation is 1. The van der Waals surface area contributed by atoms with Crippen LogP contribution >= 0.6 is 11.3 Å². The van der Waals surface area contributed by atoms with Gasteiger partial charge in [0.2, 0.25) is 5.82 Å². The fraction of sp³-hybridized carbons (Fsp3) is 0.400. The monoisotopic (exact) mass is 547 g/mol. The summed E-state index contributed by atoms with van der Waals surface area (Å²) < 4.78 is 50.0. The number of ether oxygens (including phenoxy) is 2. The van der Waals surface area contributed by atoms with Crippen LogP contribution in [0.2, 0.25) is 0 Å². The van der Waals surface area contributed by atoms with Crippen molar-refractivity contribution in [2.75, 3.05) is 24.7 Å². The van der Waals surface area contributed by atoms with Crippen LogP contribution in [0.1, 0.15) is 52.4 Å². The summed E-state index contributed by atoms with van der Waals surface area (Å²) in [5.41, 5.74) is 1.56. The second-order valence-electron chi connectivity index (χ2n) is 9.11. The zero-order valence-electron chi connectivity index (χ0n) is 20.5. The zero-order valence-corrected chi connectivity index (χ0v) is 21.4. The number of amides is 2. The van der Waals surface area contributed by atoms with Gasteiger partial charge in [-0.15, -0.1) is 11.3 Å². The lowest BCUT2D eigenvalue weighted by Crippen LogP contribution is -2.43. The Morgan fingerprint density at radius 3 is 2.63 bits per heavy atom. The smallest absolute Gasteiger partial charge is 0.451 e. The molecule has 0 spiro atoms. The first-order valence-electron chi connectivity index (χ1n) is 12.0. The Bertz CT molecular complexity index is 1360. The number of hydrogen-bond donors (Lipinski definition) is 1. The molecule has 2 amide bonds. The van der Waals surface area contributed by atoms with Crippen LogP contribution in [0.5, 0.6) is 5.75 Å². The molecule has 1 aromatic carbocycles. The number of carbonyl (C=O) groups excluding carboxylic acids is 2. The molecular formula is C25H24F3N5O4S. The molecule has 2 aliphatic rings. The predicted octanol–water partition coefficient (Wildman–Crippen LogP) is 4.32. The van der Waals surface area contributed by atoms with E-state index in [2.05, 4.69) is 20.3 Å². The Labute approximate surface area is 220 Å². The molecule has 0 saturated carbocycles. The molecule has 1 saturated heterocycles. The third-order valence-electron chi connectivity index (χ3n) is 6.30. The van der Waals surface area contributed by atoms with Crippen molar-refractivity contribution in [1.82, 2.24) is 20.3 Å². The maximum atomic E-state index is 13.3. The number of nitrogens with one attached hydrogen (secondary N) is 1. The van der Waals surface area contributed by atoms with Crippen LogP contribution in [-0.2, 0) is 15.7 Å². The molecule has 13 heteroatoms. The first kappa shape index (κ1) is 26.0. The molecule has 0 bridgehead atoms. The van der Waals surface area contributed by atoms with E-state index in [1.54, 1.807) is 30.2 Å². The van der Waals surface area contributed by atoms with E-state index in [0.717, 1.165) is 30.1 Å². The molecule has 2 aromatic heterocycles. The van der Waals surface area contributed by atoms with E-state index in [1.807, 2.05) is 6.92 Å². The van der Waals surface area contributed by atoms with Gasteiger partial charge in [-0.1, -0.05) is 0 Å².